The second kappa shape index (κ2) is 10.9. The summed E-state index contributed by atoms with van der Waals surface area (Å²) in [5.74, 6) is 0.239. The number of rotatable bonds is 8. The second-order valence-corrected chi connectivity index (χ2v) is 8.93. The van der Waals surface area contributed by atoms with Gasteiger partial charge in [0.1, 0.15) is 0 Å². The van der Waals surface area contributed by atoms with Gasteiger partial charge in [-0.1, -0.05) is 25.1 Å². The highest BCUT2D eigenvalue weighted by molar-refractivity contribution is 5.96. The number of amides is 1. The van der Waals surface area contributed by atoms with E-state index in [1.54, 1.807) is 7.05 Å². The molecule has 1 amide bonds. The number of hydrogen-bond acceptors (Lipinski definition) is 5. The van der Waals surface area contributed by atoms with Crippen molar-refractivity contribution in [2.75, 3.05) is 51.3 Å². The van der Waals surface area contributed by atoms with Gasteiger partial charge >= 0.3 is 0 Å². The molecular formula is C27H35N3O3. The lowest BCUT2D eigenvalue weighted by atomic mass is 9.93. The molecule has 2 aromatic carbocycles. The Morgan fingerprint density at radius 2 is 1.82 bits per heavy atom. The maximum atomic E-state index is 11.8. The van der Waals surface area contributed by atoms with Crippen molar-refractivity contribution in [3.8, 4) is 0 Å². The van der Waals surface area contributed by atoms with Gasteiger partial charge in [-0.05, 0) is 53.8 Å². The molecule has 0 aliphatic carbocycles. The summed E-state index contributed by atoms with van der Waals surface area (Å²) in [6, 6.07) is 14.4. The minimum absolute atomic E-state index is 0.0445. The molecule has 1 N–H and O–H groups in total. The van der Waals surface area contributed by atoms with E-state index in [2.05, 4.69) is 45.4 Å². The van der Waals surface area contributed by atoms with E-state index < -0.39 is 0 Å². The Hall–Kier alpha value is -2.70. The molecule has 33 heavy (non-hydrogen) atoms. The standard InChI is InChI=1S/C27H35N3O3/c1-3-25(31)21-5-7-23(8-6-21)30-15-13-29(14-16-30)12-10-26-24-9-4-20(19-27(32)28-2)18-22(24)11-17-33-26/h4-9,18,26H,3,10-17,19H2,1-2H3,(H,28,32)/t26-/m0/s1. The molecule has 0 saturated carbocycles. The first-order valence-corrected chi connectivity index (χ1v) is 12.1. The van der Waals surface area contributed by atoms with E-state index in [1.165, 1.54) is 16.8 Å². The van der Waals surface area contributed by atoms with Crippen LogP contribution in [0.2, 0.25) is 0 Å². The van der Waals surface area contributed by atoms with Crippen LogP contribution >= 0.6 is 0 Å². The van der Waals surface area contributed by atoms with Crippen LogP contribution in [0.25, 0.3) is 0 Å². The summed E-state index contributed by atoms with van der Waals surface area (Å²) in [6.45, 7) is 7.70. The van der Waals surface area contributed by atoms with Crippen molar-refractivity contribution in [2.24, 2.45) is 0 Å². The van der Waals surface area contributed by atoms with E-state index in [9.17, 15) is 9.59 Å². The average Bonchev–Trinajstić information content (AvgIpc) is 2.87. The summed E-state index contributed by atoms with van der Waals surface area (Å²) >= 11 is 0. The SMILES string of the molecule is CCC(=O)c1ccc(N2CCN(CC[C@@H]3OCCc4cc(CC(=O)NC)ccc43)CC2)cc1. The number of carbonyl (C=O) groups excluding carboxylic acids is 2. The van der Waals surface area contributed by atoms with Gasteiger partial charge < -0.3 is 15.0 Å². The molecule has 2 aliphatic heterocycles. The normalized spacial score (nSPS) is 18.6. The second-order valence-electron chi connectivity index (χ2n) is 8.93. The quantitative estimate of drug-likeness (QED) is 0.626. The number of Topliss-reactive ketones (excluding diaryl/α,β-unsaturated/α-hetero) is 1. The van der Waals surface area contributed by atoms with Crippen molar-refractivity contribution in [3.63, 3.8) is 0 Å². The number of carbonyl (C=O) groups is 2. The molecule has 176 valence electrons. The largest absolute Gasteiger partial charge is 0.373 e. The summed E-state index contributed by atoms with van der Waals surface area (Å²) in [6.07, 6.45) is 3.00. The summed E-state index contributed by atoms with van der Waals surface area (Å²) in [5, 5.41) is 2.70. The highest BCUT2D eigenvalue weighted by Gasteiger charge is 2.24. The molecule has 0 unspecified atom stereocenters. The zero-order chi connectivity index (χ0) is 23.2. The third-order valence-electron chi connectivity index (χ3n) is 6.84. The summed E-state index contributed by atoms with van der Waals surface area (Å²) in [4.78, 5) is 28.5. The van der Waals surface area contributed by atoms with E-state index in [4.69, 9.17) is 4.74 Å². The van der Waals surface area contributed by atoms with Gasteiger partial charge in [0.2, 0.25) is 5.91 Å². The van der Waals surface area contributed by atoms with Crippen molar-refractivity contribution >= 4 is 17.4 Å². The van der Waals surface area contributed by atoms with Gasteiger partial charge in [0.25, 0.3) is 0 Å². The minimum atomic E-state index is 0.0445. The van der Waals surface area contributed by atoms with Crippen LogP contribution in [-0.4, -0.2) is 63.0 Å². The number of likely N-dealkylation sites (N-methyl/N-ethyl adjacent to an activating group) is 1. The lowest BCUT2D eigenvalue weighted by Crippen LogP contribution is -2.47. The van der Waals surface area contributed by atoms with E-state index in [0.29, 0.717) is 12.8 Å². The maximum absolute atomic E-state index is 11.8. The Kier molecular flexibility index (Phi) is 7.78. The topological polar surface area (TPSA) is 61.9 Å². The van der Waals surface area contributed by atoms with Gasteiger partial charge in [0, 0.05) is 57.4 Å². The van der Waals surface area contributed by atoms with Crippen molar-refractivity contribution in [1.29, 1.82) is 0 Å². The number of piperazine rings is 1. The first-order chi connectivity index (χ1) is 16.1. The molecule has 2 heterocycles. The van der Waals surface area contributed by atoms with Crippen molar-refractivity contribution in [2.45, 2.75) is 38.7 Å². The Morgan fingerprint density at radius 3 is 2.52 bits per heavy atom. The fourth-order valence-corrected chi connectivity index (χ4v) is 4.80. The smallest absolute Gasteiger partial charge is 0.224 e. The predicted molar refractivity (Wildman–Crippen MR) is 131 cm³/mol. The highest BCUT2D eigenvalue weighted by Crippen LogP contribution is 2.31. The van der Waals surface area contributed by atoms with Gasteiger partial charge in [-0.2, -0.15) is 0 Å². The Bertz CT molecular complexity index is 965. The molecule has 4 rings (SSSR count). The van der Waals surface area contributed by atoms with Crippen molar-refractivity contribution in [1.82, 2.24) is 10.2 Å². The van der Waals surface area contributed by atoms with Crippen LogP contribution in [0.3, 0.4) is 0 Å². The molecule has 2 aromatic rings. The number of anilines is 1. The molecule has 6 heteroatoms. The molecule has 0 aromatic heterocycles. The van der Waals surface area contributed by atoms with Gasteiger partial charge in [-0.15, -0.1) is 0 Å². The first kappa shape index (κ1) is 23.5. The van der Waals surface area contributed by atoms with Crippen LogP contribution in [0, 0.1) is 0 Å². The maximum Gasteiger partial charge on any atom is 0.224 e. The lowest BCUT2D eigenvalue weighted by molar-refractivity contribution is -0.119. The number of nitrogens with one attached hydrogen (secondary N) is 1. The van der Waals surface area contributed by atoms with E-state index in [1.807, 2.05) is 19.1 Å². The van der Waals surface area contributed by atoms with E-state index >= 15 is 0 Å². The number of ketones is 1. The molecule has 0 bridgehead atoms. The third kappa shape index (κ3) is 5.81. The predicted octanol–water partition coefficient (Wildman–Crippen LogP) is 3.39. The number of benzene rings is 2. The Morgan fingerprint density at radius 1 is 1.06 bits per heavy atom. The molecular weight excluding hydrogens is 414 g/mol. The van der Waals surface area contributed by atoms with E-state index in [0.717, 1.165) is 63.3 Å². The Balaban J connectivity index is 1.28. The number of ether oxygens (including phenoxy) is 1. The fourth-order valence-electron chi connectivity index (χ4n) is 4.80. The fraction of sp³-hybridized carbons (Fsp3) is 0.481. The molecule has 0 spiro atoms. The lowest BCUT2D eigenvalue weighted by Gasteiger charge is -2.37. The number of nitrogens with zero attached hydrogens (tertiary/aromatic N) is 2. The van der Waals surface area contributed by atoms with Crippen LogP contribution in [0.15, 0.2) is 42.5 Å². The Labute approximate surface area is 196 Å². The van der Waals surface area contributed by atoms with Gasteiger partial charge in [0.05, 0.1) is 19.1 Å². The summed E-state index contributed by atoms with van der Waals surface area (Å²) in [5.41, 5.74) is 5.66. The van der Waals surface area contributed by atoms with Crippen LogP contribution in [0.4, 0.5) is 5.69 Å². The molecule has 1 atom stereocenters. The van der Waals surface area contributed by atoms with Crippen molar-refractivity contribution in [3.05, 3.63) is 64.7 Å². The molecule has 2 aliphatic rings. The highest BCUT2D eigenvalue weighted by atomic mass is 16.5. The van der Waals surface area contributed by atoms with Crippen molar-refractivity contribution < 1.29 is 14.3 Å². The van der Waals surface area contributed by atoms with Crippen LogP contribution < -0.4 is 10.2 Å². The van der Waals surface area contributed by atoms with Crippen LogP contribution in [0.5, 0.6) is 0 Å². The molecule has 6 nitrogen and oxygen atoms in total. The first-order valence-electron chi connectivity index (χ1n) is 12.1. The molecule has 1 fully saturated rings. The van der Waals surface area contributed by atoms with E-state index in [-0.39, 0.29) is 17.8 Å². The van der Waals surface area contributed by atoms with Gasteiger partial charge in [-0.25, -0.2) is 0 Å². The monoisotopic (exact) mass is 449 g/mol. The summed E-state index contributed by atoms with van der Waals surface area (Å²) in [7, 11) is 1.68. The van der Waals surface area contributed by atoms with Gasteiger partial charge in [0.15, 0.2) is 5.78 Å². The average molecular weight is 450 g/mol. The zero-order valence-electron chi connectivity index (χ0n) is 19.8. The number of hydrogen-bond donors (Lipinski definition) is 1. The minimum Gasteiger partial charge on any atom is -0.373 e. The van der Waals surface area contributed by atoms with Gasteiger partial charge in [-0.3, -0.25) is 14.5 Å². The summed E-state index contributed by atoms with van der Waals surface area (Å²) < 4.78 is 6.12. The van der Waals surface area contributed by atoms with Crippen LogP contribution in [0.1, 0.15) is 52.9 Å². The third-order valence-corrected chi connectivity index (χ3v) is 6.84. The number of fused-ring (bicyclic) bond motifs is 1. The van der Waals surface area contributed by atoms with Crippen LogP contribution in [-0.2, 0) is 22.4 Å². The molecule has 0 radical (unpaired) electrons. The molecule has 1 saturated heterocycles. The zero-order valence-corrected chi connectivity index (χ0v) is 19.8.